The van der Waals surface area contributed by atoms with E-state index in [4.69, 9.17) is 23.2 Å². The molecular weight excluding hydrogens is 273 g/mol. The van der Waals surface area contributed by atoms with Gasteiger partial charge in [0, 0.05) is 5.56 Å². The molecule has 0 bridgehead atoms. The Morgan fingerprint density at radius 3 is 2.33 bits per heavy atom. The number of Topliss-reactive ketones (excluding diaryl/α,β-unsaturated/α-hetero) is 1. The summed E-state index contributed by atoms with van der Waals surface area (Å²) in [4.78, 5) is 23.5. The zero-order chi connectivity index (χ0) is 13.6. The third kappa shape index (κ3) is 2.13. The number of alkyl halides is 2. The van der Waals surface area contributed by atoms with E-state index in [0.717, 1.165) is 0 Å². The van der Waals surface area contributed by atoms with E-state index in [-0.39, 0.29) is 11.7 Å². The molecule has 18 heavy (non-hydrogen) atoms. The molecule has 1 fully saturated rings. The van der Waals surface area contributed by atoms with E-state index in [0.29, 0.717) is 17.7 Å². The number of nitrogens with one attached hydrogen (secondary N) is 1. The second-order valence-corrected chi connectivity index (χ2v) is 6.25. The maximum Gasteiger partial charge on any atom is 0.233 e. The fourth-order valence-corrected chi connectivity index (χ4v) is 2.51. The molecule has 5 heteroatoms. The van der Waals surface area contributed by atoms with Gasteiger partial charge in [0.1, 0.15) is 4.33 Å². The van der Waals surface area contributed by atoms with Crippen LogP contribution in [0.25, 0.3) is 0 Å². The Morgan fingerprint density at radius 1 is 1.28 bits per heavy atom. The fraction of sp³-hybridized carbons (Fsp3) is 0.385. The number of carbonyl (C=O) groups is 2. The van der Waals surface area contributed by atoms with Crippen LogP contribution in [0.15, 0.2) is 24.3 Å². The molecule has 1 unspecified atom stereocenters. The zero-order valence-electron chi connectivity index (χ0n) is 10.1. The van der Waals surface area contributed by atoms with Crippen molar-refractivity contribution in [2.45, 2.75) is 24.6 Å². The van der Waals surface area contributed by atoms with E-state index in [1.165, 1.54) is 6.92 Å². The SMILES string of the molecule is CC(=O)c1ccccc1NC(=O)C1(C)CC1(Cl)Cl. The number of halogens is 2. The van der Waals surface area contributed by atoms with Crippen LogP contribution in [0, 0.1) is 5.41 Å². The number of ketones is 1. The van der Waals surface area contributed by atoms with Gasteiger partial charge in [-0.15, -0.1) is 23.2 Å². The molecular formula is C13H13Cl2NO2. The van der Waals surface area contributed by atoms with Gasteiger partial charge < -0.3 is 5.32 Å². The largest absolute Gasteiger partial charge is 0.325 e. The van der Waals surface area contributed by atoms with Crippen LogP contribution in [-0.4, -0.2) is 16.0 Å². The van der Waals surface area contributed by atoms with E-state index in [2.05, 4.69) is 5.32 Å². The van der Waals surface area contributed by atoms with Gasteiger partial charge in [-0.2, -0.15) is 0 Å². The summed E-state index contributed by atoms with van der Waals surface area (Å²) in [6.45, 7) is 3.16. The van der Waals surface area contributed by atoms with Crippen LogP contribution in [0.3, 0.4) is 0 Å². The van der Waals surface area contributed by atoms with Gasteiger partial charge in [-0.3, -0.25) is 9.59 Å². The Balaban J connectivity index is 2.21. The number of rotatable bonds is 3. The molecule has 0 heterocycles. The molecule has 3 nitrogen and oxygen atoms in total. The molecule has 1 aromatic carbocycles. The number of para-hydroxylation sites is 1. The van der Waals surface area contributed by atoms with Crippen molar-refractivity contribution in [3.8, 4) is 0 Å². The van der Waals surface area contributed by atoms with Gasteiger partial charge in [-0.1, -0.05) is 12.1 Å². The van der Waals surface area contributed by atoms with Crippen molar-refractivity contribution in [2.24, 2.45) is 5.41 Å². The van der Waals surface area contributed by atoms with Gasteiger partial charge in [-0.05, 0) is 32.4 Å². The van der Waals surface area contributed by atoms with Gasteiger partial charge in [0.15, 0.2) is 5.78 Å². The monoisotopic (exact) mass is 285 g/mol. The lowest BCUT2D eigenvalue weighted by atomic mass is 10.1. The normalized spacial score (nSPS) is 24.4. The summed E-state index contributed by atoms with van der Waals surface area (Å²) >= 11 is 11.9. The summed E-state index contributed by atoms with van der Waals surface area (Å²) in [5, 5.41) is 2.72. The third-order valence-corrected chi connectivity index (χ3v) is 4.42. The van der Waals surface area contributed by atoms with Gasteiger partial charge in [0.2, 0.25) is 5.91 Å². The molecule has 1 aliphatic rings. The van der Waals surface area contributed by atoms with E-state index in [1.54, 1.807) is 31.2 Å². The Morgan fingerprint density at radius 2 is 1.83 bits per heavy atom. The van der Waals surface area contributed by atoms with Crippen molar-refractivity contribution in [1.82, 2.24) is 0 Å². The van der Waals surface area contributed by atoms with Crippen molar-refractivity contribution >= 4 is 40.6 Å². The lowest BCUT2D eigenvalue weighted by Gasteiger charge is -2.14. The average Bonchev–Trinajstić information content (AvgIpc) is 2.80. The Bertz CT molecular complexity index is 527. The van der Waals surface area contributed by atoms with Crippen LogP contribution in [0.5, 0.6) is 0 Å². The Hall–Kier alpha value is -1.06. The molecule has 1 saturated carbocycles. The van der Waals surface area contributed by atoms with Crippen molar-refractivity contribution in [2.75, 3.05) is 5.32 Å². The minimum atomic E-state index is -1.01. The standard InChI is InChI=1S/C13H13Cl2NO2/c1-8(17)9-5-3-4-6-10(9)16-11(18)12(2)7-13(12,14)15/h3-6H,7H2,1-2H3,(H,16,18). The maximum absolute atomic E-state index is 12.1. The lowest BCUT2D eigenvalue weighted by Crippen LogP contribution is -2.26. The summed E-state index contributed by atoms with van der Waals surface area (Å²) in [7, 11) is 0. The number of carbonyl (C=O) groups excluding carboxylic acids is 2. The van der Waals surface area contributed by atoms with Crippen LogP contribution >= 0.6 is 23.2 Å². The van der Waals surface area contributed by atoms with Crippen LogP contribution < -0.4 is 5.32 Å². The summed E-state index contributed by atoms with van der Waals surface area (Å²) in [5.41, 5.74) is 0.178. The average molecular weight is 286 g/mol. The van der Waals surface area contributed by atoms with Crippen molar-refractivity contribution in [1.29, 1.82) is 0 Å². The third-order valence-electron chi connectivity index (χ3n) is 3.31. The first-order valence-corrected chi connectivity index (χ1v) is 6.33. The number of benzene rings is 1. The minimum absolute atomic E-state index is 0.102. The summed E-state index contributed by atoms with van der Waals surface area (Å²) in [5.74, 6) is -0.365. The van der Waals surface area contributed by atoms with Crippen molar-refractivity contribution in [3.63, 3.8) is 0 Å². The molecule has 1 N–H and O–H groups in total. The second kappa shape index (κ2) is 4.25. The molecule has 1 aromatic rings. The molecule has 1 atom stereocenters. The minimum Gasteiger partial charge on any atom is -0.325 e. The highest BCUT2D eigenvalue weighted by Crippen LogP contribution is 2.64. The van der Waals surface area contributed by atoms with Crippen molar-refractivity contribution < 1.29 is 9.59 Å². The predicted octanol–water partition coefficient (Wildman–Crippen LogP) is 3.41. The van der Waals surface area contributed by atoms with E-state index in [9.17, 15) is 9.59 Å². The molecule has 1 aliphatic carbocycles. The van der Waals surface area contributed by atoms with Crippen LogP contribution in [0.2, 0.25) is 0 Å². The lowest BCUT2D eigenvalue weighted by molar-refractivity contribution is -0.120. The number of anilines is 1. The van der Waals surface area contributed by atoms with Crippen molar-refractivity contribution in [3.05, 3.63) is 29.8 Å². The molecule has 0 aromatic heterocycles. The fourth-order valence-electron chi connectivity index (χ4n) is 1.81. The van der Waals surface area contributed by atoms with Gasteiger partial charge in [0.05, 0.1) is 11.1 Å². The van der Waals surface area contributed by atoms with Crippen LogP contribution in [0.4, 0.5) is 5.69 Å². The molecule has 0 aliphatic heterocycles. The highest BCUT2D eigenvalue weighted by atomic mass is 35.5. The zero-order valence-corrected chi connectivity index (χ0v) is 11.6. The molecule has 0 radical (unpaired) electrons. The Kier molecular flexibility index (Phi) is 3.16. The molecule has 0 saturated heterocycles. The number of hydrogen-bond acceptors (Lipinski definition) is 2. The van der Waals surface area contributed by atoms with E-state index >= 15 is 0 Å². The van der Waals surface area contributed by atoms with Crippen LogP contribution in [0.1, 0.15) is 30.6 Å². The van der Waals surface area contributed by atoms with Gasteiger partial charge in [-0.25, -0.2) is 0 Å². The first kappa shape index (κ1) is 13.4. The molecule has 1 amide bonds. The predicted molar refractivity (Wildman–Crippen MR) is 72.2 cm³/mol. The summed E-state index contributed by atoms with van der Waals surface area (Å²) in [6.07, 6.45) is 0.414. The summed E-state index contributed by atoms with van der Waals surface area (Å²) < 4.78 is -1.01. The van der Waals surface area contributed by atoms with Gasteiger partial charge >= 0.3 is 0 Å². The number of hydrogen-bond donors (Lipinski definition) is 1. The Labute approximate surface area is 115 Å². The van der Waals surface area contributed by atoms with Gasteiger partial charge in [0.25, 0.3) is 0 Å². The quantitative estimate of drug-likeness (QED) is 0.683. The topological polar surface area (TPSA) is 46.2 Å². The summed E-state index contributed by atoms with van der Waals surface area (Å²) in [6, 6.07) is 6.86. The van der Waals surface area contributed by atoms with E-state index in [1.807, 2.05) is 0 Å². The second-order valence-electron chi connectivity index (χ2n) is 4.77. The maximum atomic E-state index is 12.1. The molecule has 2 rings (SSSR count). The first-order chi connectivity index (χ1) is 8.28. The smallest absolute Gasteiger partial charge is 0.233 e. The van der Waals surface area contributed by atoms with E-state index < -0.39 is 9.75 Å². The molecule has 96 valence electrons. The highest BCUT2D eigenvalue weighted by Gasteiger charge is 2.67. The number of amides is 1. The first-order valence-electron chi connectivity index (χ1n) is 5.57. The molecule has 0 spiro atoms. The van der Waals surface area contributed by atoms with Crippen LogP contribution in [-0.2, 0) is 4.79 Å². The highest BCUT2D eigenvalue weighted by molar-refractivity contribution is 6.53.